The maximum Gasteiger partial charge on any atom is 0.333 e. The number of hydrogen-bond acceptors (Lipinski definition) is 4. The second-order valence-corrected chi connectivity index (χ2v) is 6.75. The topological polar surface area (TPSA) is 76.6 Å². The van der Waals surface area contributed by atoms with Gasteiger partial charge in [-0.15, -0.1) is 0 Å². The highest BCUT2D eigenvalue weighted by atomic mass is 16.3. The number of fused-ring (bicyclic) bond motifs is 3. The van der Waals surface area contributed by atoms with Gasteiger partial charge in [0.15, 0.2) is 0 Å². The van der Waals surface area contributed by atoms with Gasteiger partial charge in [0.25, 0.3) is 5.56 Å². The fourth-order valence-corrected chi connectivity index (χ4v) is 3.72. The zero-order valence-corrected chi connectivity index (χ0v) is 15.8. The Morgan fingerprint density at radius 1 is 1.00 bits per heavy atom. The summed E-state index contributed by atoms with van der Waals surface area (Å²) in [5, 5.41) is 10.4. The van der Waals surface area contributed by atoms with Crippen LogP contribution in [0.3, 0.4) is 0 Å². The maximum absolute atomic E-state index is 12.6. The van der Waals surface area contributed by atoms with Crippen molar-refractivity contribution in [3.05, 3.63) is 80.0 Å². The summed E-state index contributed by atoms with van der Waals surface area (Å²) < 4.78 is 2.27. The Morgan fingerprint density at radius 3 is 2.46 bits per heavy atom. The quantitative estimate of drug-likeness (QED) is 0.557. The van der Waals surface area contributed by atoms with Crippen LogP contribution < -0.4 is 11.2 Å². The summed E-state index contributed by atoms with van der Waals surface area (Å²) >= 11 is 0. The first kappa shape index (κ1) is 18.0. The van der Waals surface area contributed by atoms with Crippen LogP contribution in [0.15, 0.2) is 57.0 Å². The lowest BCUT2D eigenvalue weighted by molar-refractivity contribution is 0.394. The van der Waals surface area contributed by atoms with E-state index in [0.29, 0.717) is 5.69 Å². The van der Waals surface area contributed by atoms with Gasteiger partial charge in [0.1, 0.15) is 5.56 Å². The van der Waals surface area contributed by atoms with Gasteiger partial charge in [0, 0.05) is 19.3 Å². The Kier molecular flexibility index (Phi) is 4.47. The molecule has 0 fully saturated rings. The smallest absolute Gasteiger partial charge is 0.333 e. The van der Waals surface area contributed by atoms with Crippen LogP contribution in [-0.4, -0.2) is 20.5 Å². The molecule has 28 heavy (non-hydrogen) atoms. The fourth-order valence-electron chi connectivity index (χ4n) is 3.72. The first-order valence-electron chi connectivity index (χ1n) is 9.37. The number of aromatic hydroxyl groups is 1. The van der Waals surface area contributed by atoms with Gasteiger partial charge in [-0.25, -0.2) is 4.79 Å². The molecule has 0 saturated heterocycles. The monoisotopic (exact) mass is 375 g/mol. The van der Waals surface area contributed by atoms with Crippen LogP contribution in [0.2, 0.25) is 0 Å². The predicted molar refractivity (Wildman–Crippen MR) is 110 cm³/mol. The molecule has 142 valence electrons. The average Bonchev–Trinajstić information content (AvgIpc) is 3.06. The highest BCUT2D eigenvalue weighted by Gasteiger charge is 2.18. The minimum atomic E-state index is -0.537. The lowest BCUT2D eigenvalue weighted by Crippen LogP contribution is -2.41. The maximum atomic E-state index is 12.6. The molecule has 0 aliphatic heterocycles. The molecule has 0 unspecified atom stereocenters. The summed E-state index contributed by atoms with van der Waals surface area (Å²) in [4.78, 5) is 29.3. The minimum Gasteiger partial charge on any atom is -0.494 e. The van der Waals surface area contributed by atoms with E-state index in [4.69, 9.17) is 0 Å². The van der Waals surface area contributed by atoms with Gasteiger partial charge in [-0.05, 0) is 54.7 Å². The Balaban J connectivity index is 1.78. The molecule has 0 bridgehead atoms. The molecule has 1 aliphatic rings. The molecule has 2 aromatic carbocycles. The minimum absolute atomic E-state index is 0.0178. The van der Waals surface area contributed by atoms with E-state index < -0.39 is 11.2 Å². The zero-order valence-electron chi connectivity index (χ0n) is 15.8. The van der Waals surface area contributed by atoms with Crippen molar-refractivity contribution in [2.45, 2.75) is 33.4 Å². The number of aromatic nitrogens is 2. The van der Waals surface area contributed by atoms with Crippen LogP contribution in [0.5, 0.6) is 5.88 Å². The number of aliphatic imine (C=N–C) groups is 1. The van der Waals surface area contributed by atoms with Crippen LogP contribution in [0.25, 0.3) is 11.1 Å². The lowest BCUT2D eigenvalue weighted by atomic mass is 10.1. The van der Waals surface area contributed by atoms with Gasteiger partial charge in [-0.1, -0.05) is 30.3 Å². The van der Waals surface area contributed by atoms with Crippen molar-refractivity contribution < 1.29 is 5.11 Å². The first-order valence-corrected chi connectivity index (χ1v) is 9.37. The lowest BCUT2D eigenvalue weighted by Gasteiger charge is -2.11. The molecule has 1 heterocycles. The van der Waals surface area contributed by atoms with Crippen molar-refractivity contribution >= 4 is 11.9 Å². The highest BCUT2D eigenvalue weighted by molar-refractivity contribution is 5.85. The van der Waals surface area contributed by atoms with E-state index in [1.54, 1.807) is 13.8 Å². The molecular formula is C22H21N3O3. The fraction of sp³-hybridized carbons (Fsp3) is 0.227. The Morgan fingerprint density at radius 2 is 1.71 bits per heavy atom. The van der Waals surface area contributed by atoms with Crippen LogP contribution >= 0.6 is 0 Å². The molecule has 1 aliphatic carbocycles. The van der Waals surface area contributed by atoms with E-state index >= 15 is 0 Å². The van der Waals surface area contributed by atoms with Gasteiger partial charge in [0.2, 0.25) is 5.88 Å². The summed E-state index contributed by atoms with van der Waals surface area (Å²) in [6, 6.07) is 14.2. The summed E-state index contributed by atoms with van der Waals surface area (Å²) in [6.07, 6.45) is 2.25. The molecule has 1 N–H and O–H groups in total. The molecule has 0 saturated carbocycles. The van der Waals surface area contributed by atoms with Crippen molar-refractivity contribution in [1.29, 1.82) is 0 Å². The number of benzene rings is 2. The summed E-state index contributed by atoms with van der Waals surface area (Å²) in [5.41, 5.74) is 4.52. The number of rotatable bonds is 4. The third kappa shape index (κ3) is 2.78. The number of nitrogens with zero attached hydrogens (tertiary/aromatic N) is 3. The van der Waals surface area contributed by atoms with E-state index in [9.17, 15) is 14.7 Å². The molecule has 0 spiro atoms. The van der Waals surface area contributed by atoms with E-state index in [0.717, 1.165) is 16.6 Å². The second-order valence-electron chi connectivity index (χ2n) is 6.75. The van der Waals surface area contributed by atoms with Crippen LogP contribution in [-0.2, 0) is 19.5 Å². The molecular weight excluding hydrogens is 354 g/mol. The van der Waals surface area contributed by atoms with Gasteiger partial charge < -0.3 is 5.11 Å². The van der Waals surface area contributed by atoms with Crippen molar-refractivity contribution in [3.63, 3.8) is 0 Å². The second kappa shape index (κ2) is 6.96. The Bertz CT molecular complexity index is 1220. The summed E-state index contributed by atoms with van der Waals surface area (Å²) in [5.74, 6) is -0.350. The predicted octanol–water partition coefficient (Wildman–Crippen LogP) is 3.08. The van der Waals surface area contributed by atoms with E-state index in [1.165, 1.54) is 27.5 Å². The molecule has 1 aromatic heterocycles. The van der Waals surface area contributed by atoms with Crippen molar-refractivity contribution in [1.82, 2.24) is 9.13 Å². The molecule has 3 aromatic rings. The van der Waals surface area contributed by atoms with Gasteiger partial charge >= 0.3 is 5.69 Å². The summed E-state index contributed by atoms with van der Waals surface area (Å²) in [7, 11) is 0. The first-order chi connectivity index (χ1) is 13.5. The SMILES string of the molecule is CCn1c(O)c(C=Nc2ccc3c(c2)-c2ccccc2C3)c(=O)n(CC)c1=O. The largest absolute Gasteiger partial charge is 0.494 e. The van der Waals surface area contributed by atoms with Crippen molar-refractivity contribution in [2.75, 3.05) is 0 Å². The molecule has 4 rings (SSSR count). The molecule has 0 amide bonds. The van der Waals surface area contributed by atoms with E-state index in [-0.39, 0.29) is 24.5 Å². The third-order valence-corrected chi connectivity index (χ3v) is 5.19. The Hall–Kier alpha value is -3.41. The van der Waals surface area contributed by atoms with Gasteiger partial charge in [-0.3, -0.25) is 18.9 Å². The van der Waals surface area contributed by atoms with Gasteiger partial charge in [-0.2, -0.15) is 0 Å². The van der Waals surface area contributed by atoms with Crippen molar-refractivity contribution in [3.8, 4) is 17.0 Å². The van der Waals surface area contributed by atoms with Crippen LogP contribution in [0, 0.1) is 0 Å². The molecule has 6 heteroatoms. The molecule has 0 atom stereocenters. The third-order valence-electron chi connectivity index (χ3n) is 5.19. The molecule has 0 radical (unpaired) electrons. The average molecular weight is 375 g/mol. The number of hydrogen-bond donors (Lipinski definition) is 1. The van der Waals surface area contributed by atoms with Gasteiger partial charge in [0.05, 0.1) is 5.69 Å². The highest BCUT2D eigenvalue weighted by Crippen LogP contribution is 2.38. The van der Waals surface area contributed by atoms with Crippen LogP contribution in [0.4, 0.5) is 5.69 Å². The Labute approximate surface area is 162 Å². The molecule has 6 nitrogen and oxygen atoms in total. The zero-order chi connectivity index (χ0) is 19.8. The normalized spacial score (nSPS) is 12.4. The standard InChI is InChI=1S/C22H21N3O3/c1-3-24-20(26)19(21(27)25(4-2)22(24)28)13-23-16-10-9-15-11-14-7-5-6-8-17(14)18(15)12-16/h5-10,12-13,26H,3-4,11H2,1-2H3. The van der Waals surface area contributed by atoms with E-state index in [1.807, 2.05) is 30.3 Å². The van der Waals surface area contributed by atoms with Crippen LogP contribution in [0.1, 0.15) is 30.5 Å². The summed E-state index contributed by atoms with van der Waals surface area (Å²) in [6.45, 7) is 3.96. The van der Waals surface area contributed by atoms with Crippen molar-refractivity contribution in [2.24, 2.45) is 4.99 Å². The van der Waals surface area contributed by atoms with E-state index in [2.05, 4.69) is 17.1 Å².